The number of carbonyl (C=O) groups is 9. The molecule has 2 saturated heterocycles. The summed E-state index contributed by atoms with van der Waals surface area (Å²) in [6, 6.07) is 9.13. The lowest BCUT2D eigenvalue weighted by molar-refractivity contribution is -0.137. The van der Waals surface area contributed by atoms with Crippen molar-refractivity contribution in [1.82, 2.24) is 30.7 Å². The zero-order chi connectivity index (χ0) is 62.5. The van der Waals surface area contributed by atoms with Gasteiger partial charge in [-0.2, -0.15) is 0 Å². The number of benzene rings is 3. The molecule has 25 heteroatoms. The first kappa shape index (κ1) is 63.9. The molecule has 87 heavy (non-hydrogen) atoms. The maximum atomic E-state index is 14.3. The van der Waals surface area contributed by atoms with Gasteiger partial charge >= 0.3 is 12.1 Å². The third-order valence-corrected chi connectivity index (χ3v) is 15.8. The Morgan fingerprint density at radius 3 is 2.05 bits per heavy atom. The molecule has 466 valence electrons. The number of amides is 10. The summed E-state index contributed by atoms with van der Waals surface area (Å²) in [5.41, 5.74) is 9.09. The fourth-order valence-electron chi connectivity index (χ4n) is 11.1. The second-order valence-electron chi connectivity index (χ2n) is 22.5. The number of nitrogens with zero attached hydrogens (tertiary/aromatic N) is 4. The number of aliphatic hydroxyl groups is 1. The minimum absolute atomic E-state index is 0.0325. The molecule has 5 aliphatic rings. The number of fused-ring (bicyclic) bond motifs is 4. The number of hydrogen-bond donors (Lipinski definition) is 7. The lowest BCUT2D eigenvalue weighted by atomic mass is 10.0. The summed E-state index contributed by atoms with van der Waals surface area (Å²) in [5, 5.41) is 26.2. The van der Waals surface area contributed by atoms with Crippen LogP contribution in [0.5, 0.6) is 23.0 Å². The third kappa shape index (κ3) is 15.9. The Bertz CT molecular complexity index is 3150. The van der Waals surface area contributed by atoms with Gasteiger partial charge in [-0.15, -0.1) is 0 Å². The summed E-state index contributed by atoms with van der Waals surface area (Å²) in [5.74, 6) is -1.83. The number of rotatable bonds is 28. The molecule has 3 aromatic rings. The molecular formula is C62H78N10O15. The molecule has 2 fully saturated rings. The van der Waals surface area contributed by atoms with Crippen LogP contribution in [-0.4, -0.2) is 164 Å². The maximum absolute atomic E-state index is 14.3. The molecule has 0 aromatic heterocycles. The van der Waals surface area contributed by atoms with Gasteiger partial charge in [0, 0.05) is 69.1 Å². The Morgan fingerprint density at radius 1 is 0.747 bits per heavy atom. The summed E-state index contributed by atoms with van der Waals surface area (Å²) in [7, 11) is 2.96. The molecule has 0 aliphatic carbocycles. The molecule has 10 amide bonds. The first-order valence-electron chi connectivity index (χ1n) is 29.3. The number of ether oxygens (including phenoxy) is 5. The van der Waals surface area contributed by atoms with Crippen molar-refractivity contribution in [2.24, 2.45) is 11.7 Å². The average molecular weight is 1200 g/mol. The summed E-state index contributed by atoms with van der Waals surface area (Å²) < 4.78 is 29.5. The van der Waals surface area contributed by atoms with Gasteiger partial charge in [-0.1, -0.05) is 56.7 Å². The van der Waals surface area contributed by atoms with Crippen LogP contribution >= 0.6 is 0 Å². The van der Waals surface area contributed by atoms with Crippen LogP contribution in [0.25, 0.3) is 0 Å². The molecule has 0 unspecified atom stereocenters. The number of aliphatic hydroxyl groups excluding tert-OH is 1. The van der Waals surface area contributed by atoms with Crippen molar-refractivity contribution in [2.45, 2.75) is 121 Å². The highest BCUT2D eigenvalue weighted by Gasteiger charge is 2.46. The van der Waals surface area contributed by atoms with Gasteiger partial charge in [-0.3, -0.25) is 38.5 Å². The molecule has 0 spiro atoms. The van der Waals surface area contributed by atoms with E-state index in [9.17, 15) is 48.3 Å². The van der Waals surface area contributed by atoms with Gasteiger partial charge in [-0.05, 0) is 93.5 Å². The lowest BCUT2D eigenvalue weighted by Gasteiger charge is -2.31. The fourth-order valence-corrected chi connectivity index (χ4v) is 11.1. The summed E-state index contributed by atoms with van der Waals surface area (Å²) >= 11 is 0. The Kier molecular flexibility index (Phi) is 21.5. The van der Waals surface area contributed by atoms with E-state index in [-0.39, 0.29) is 117 Å². The van der Waals surface area contributed by atoms with E-state index in [1.807, 2.05) is 4.90 Å². The van der Waals surface area contributed by atoms with Gasteiger partial charge in [0.05, 0.1) is 62.0 Å². The summed E-state index contributed by atoms with van der Waals surface area (Å²) in [6.07, 6.45) is 4.76. The van der Waals surface area contributed by atoms with E-state index >= 15 is 0 Å². The molecule has 5 atom stereocenters. The predicted molar refractivity (Wildman–Crippen MR) is 320 cm³/mol. The van der Waals surface area contributed by atoms with E-state index < -0.39 is 54.2 Å². The second kappa shape index (κ2) is 29.3. The Morgan fingerprint density at radius 2 is 1.38 bits per heavy atom. The zero-order valence-corrected chi connectivity index (χ0v) is 49.6. The number of anilines is 3. The van der Waals surface area contributed by atoms with Crippen molar-refractivity contribution in [1.29, 1.82) is 0 Å². The number of nitrogens with two attached hydrogens (primary N) is 1. The number of carbonyl (C=O) groups excluding carboxylic acids is 9. The average Bonchev–Trinajstić information content (AvgIpc) is 1.70. The molecule has 3 aromatic carbocycles. The van der Waals surface area contributed by atoms with E-state index in [0.29, 0.717) is 97.8 Å². The van der Waals surface area contributed by atoms with Crippen LogP contribution in [0.15, 0.2) is 85.0 Å². The lowest BCUT2D eigenvalue weighted by Crippen LogP contribution is -2.54. The van der Waals surface area contributed by atoms with Crippen LogP contribution in [0.2, 0.25) is 0 Å². The van der Waals surface area contributed by atoms with Crippen LogP contribution < -0.4 is 56.2 Å². The van der Waals surface area contributed by atoms with Crippen molar-refractivity contribution in [3.63, 3.8) is 0 Å². The van der Waals surface area contributed by atoms with E-state index in [1.54, 1.807) is 50.2 Å². The molecule has 0 radical (unpaired) electrons. The summed E-state index contributed by atoms with van der Waals surface area (Å²) in [4.78, 5) is 123. The predicted octanol–water partition coefficient (Wildman–Crippen LogP) is 5.27. The molecule has 8 rings (SSSR count). The van der Waals surface area contributed by atoms with Crippen LogP contribution in [0.3, 0.4) is 0 Å². The van der Waals surface area contributed by atoms with Gasteiger partial charge in [0.25, 0.3) is 23.6 Å². The number of hydrogen-bond acceptors (Lipinski definition) is 16. The van der Waals surface area contributed by atoms with Gasteiger partial charge in [-0.25, -0.2) is 14.5 Å². The summed E-state index contributed by atoms with van der Waals surface area (Å²) in [6.45, 7) is 13.5. The zero-order valence-electron chi connectivity index (χ0n) is 49.6. The molecule has 0 saturated carbocycles. The number of imide groups is 1. The fraction of sp³-hybridized carbons (Fsp3) is 0.468. The SMILES string of the molecule is C=C1C[C@H]2CNc3cc(OCCCCCOc4cc5c(cc4OC)C(=O)N4CC(=C)C[C@H]4[C@H](O)N5C(=O)OCc4ccc(NC(=O)[C@H](CCCNC(N)=O)NC(=O)[C@@H](NC(=O)CCCCCN5C(=O)C=CC5=O)C(C)C)cc4)c(OC)cc3C(=O)N2C1. The topological polar surface area (TPSA) is 319 Å². The largest absolute Gasteiger partial charge is 0.493 e. The first-order chi connectivity index (χ1) is 41.7. The van der Waals surface area contributed by atoms with Crippen LogP contribution in [0.4, 0.5) is 26.7 Å². The highest BCUT2D eigenvalue weighted by molar-refractivity contribution is 6.13. The Labute approximate surface area is 504 Å². The van der Waals surface area contributed by atoms with Crippen LogP contribution in [-0.2, 0) is 35.3 Å². The number of urea groups is 1. The quantitative estimate of drug-likeness (QED) is 0.0277. The molecule has 5 aliphatic heterocycles. The van der Waals surface area contributed by atoms with Gasteiger partial charge in [0.15, 0.2) is 29.2 Å². The van der Waals surface area contributed by atoms with Crippen molar-refractivity contribution in [2.75, 3.05) is 75.7 Å². The van der Waals surface area contributed by atoms with E-state index in [4.69, 9.17) is 29.4 Å². The monoisotopic (exact) mass is 1200 g/mol. The minimum Gasteiger partial charge on any atom is -0.493 e. The normalized spacial score (nSPS) is 18.4. The minimum atomic E-state index is -1.55. The molecule has 0 bridgehead atoms. The van der Waals surface area contributed by atoms with Gasteiger partial charge in [0.2, 0.25) is 17.7 Å². The van der Waals surface area contributed by atoms with Crippen LogP contribution in [0.1, 0.15) is 111 Å². The smallest absolute Gasteiger partial charge is 0.416 e. The second-order valence-corrected chi connectivity index (χ2v) is 22.5. The van der Waals surface area contributed by atoms with Crippen molar-refractivity contribution in [3.8, 4) is 23.0 Å². The van der Waals surface area contributed by atoms with Gasteiger partial charge < -0.3 is 70.9 Å². The van der Waals surface area contributed by atoms with E-state index in [0.717, 1.165) is 21.8 Å². The highest BCUT2D eigenvalue weighted by Crippen LogP contribution is 2.43. The van der Waals surface area contributed by atoms with E-state index in [2.05, 4.69) is 39.7 Å². The molecule has 25 nitrogen and oxygen atoms in total. The maximum Gasteiger partial charge on any atom is 0.416 e. The molecular weight excluding hydrogens is 1120 g/mol. The highest BCUT2D eigenvalue weighted by atomic mass is 16.6. The standard InChI is InChI=1S/C62H78N10O15/c1-36(2)55(68-52(73)15-9-7-10-23-69-53(74)20-21-54(69)75)57(77)67-44(14-13-22-64-61(63)81)56(76)66-40-18-16-39(17-19-40)35-87-62(82)72-46-31-51(49(84-6)29-43(46)59(79)71-34-38(4)27-47(71)60(72)80)86-25-12-8-11-24-85-50-30-45-42(28-48(50)83-5)58(78)70-33-37(3)26-41(70)32-65-45/h16-21,28-31,36,41,44,47,55,60,65,80H,3-4,7-15,22-27,32-35H2,1-2,5-6H3,(H,66,76)(H,67,77)(H,68,73)(H3,63,64,81)/t41-,44-,47-,55-,60-/m0/s1. The third-order valence-electron chi connectivity index (χ3n) is 15.8. The van der Waals surface area contributed by atoms with Crippen molar-refractivity contribution in [3.05, 3.63) is 102 Å². The first-order valence-corrected chi connectivity index (χ1v) is 29.3. The van der Waals surface area contributed by atoms with Crippen molar-refractivity contribution < 1.29 is 71.9 Å². The number of methoxy groups -OCH3 is 2. The number of unbranched alkanes of at least 4 members (excludes halogenated alkanes) is 4. The van der Waals surface area contributed by atoms with Crippen LogP contribution in [0, 0.1) is 5.92 Å². The van der Waals surface area contributed by atoms with Gasteiger partial charge in [0.1, 0.15) is 18.7 Å². The Hall–Kier alpha value is -9.13. The number of primary amides is 1. The van der Waals surface area contributed by atoms with Crippen molar-refractivity contribution >= 4 is 70.5 Å². The number of nitrogens with one attached hydrogen (secondary N) is 5. The Balaban J connectivity index is 0.862. The van der Waals surface area contributed by atoms with E-state index in [1.165, 1.54) is 43.4 Å². The molecule has 8 N–H and O–H groups in total. The molecule has 5 heterocycles.